The quantitative estimate of drug-likeness (QED) is 0.298. The summed E-state index contributed by atoms with van der Waals surface area (Å²) in [6.07, 6.45) is 2.37. The van der Waals surface area contributed by atoms with E-state index in [0.29, 0.717) is 11.3 Å². The lowest BCUT2D eigenvalue weighted by molar-refractivity contribution is -0.132. The maximum Gasteiger partial charge on any atom is 0.300 e. The van der Waals surface area contributed by atoms with E-state index < -0.39 is 17.7 Å². The SMILES string of the molecule is Cc1cccc(C2/C(=C(/O)c3ccc(C)c(C)c3)C(=O)C(=O)N2c2ccc(N3CCCC3)cc2)c1. The highest BCUT2D eigenvalue weighted by Crippen LogP contribution is 2.42. The molecule has 2 heterocycles. The number of aliphatic hydroxyl groups is 1. The second-order valence-electron chi connectivity index (χ2n) is 9.59. The molecule has 5 nitrogen and oxygen atoms in total. The smallest absolute Gasteiger partial charge is 0.300 e. The Kier molecular flexibility index (Phi) is 5.93. The number of benzene rings is 3. The minimum atomic E-state index is -0.714. The first kappa shape index (κ1) is 22.9. The first-order valence-corrected chi connectivity index (χ1v) is 12.2. The number of hydrogen-bond donors (Lipinski definition) is 1. The number of ketones is 1. The molecule has 1 amide bonds. The van der Waals surface area contributed by atoms with Gasteiger partial charge in [-0.1, -0.05) is 42.0 Å². The van der Waals surface area contributed by atoms with Crippen molar-refractivity contribution >= 4 is 28.8 Å². The van der Waals surface area contributed by atoms with Gasteiger partial charge < -0.3 is 10.0 Å². The zero-order chi connectivity index (χ0) is 24.7. The van der Waals surface area contributed by atoms with Gasteiger partial charge in [0.2, 0.25) is 0 Å². The molecule has 2 saturated heterocycles. The molecule has 0 bridgehead atoms. The number of hydrogen-bond acceptors (Lipinski definition) is 4. The minimum Gasteiger partial charge on any atom is -0.507 e. The molecule has 5 rings (SSSR count). The molecule has 1 unspecified atom stereocenters. The normalized spacial score (nSPS) is 19.6. The molecule has 0 aromatic heterocycles. The Morgan fingerprint density at radius 3 is 2.17 bits per heavy atom. The van der Waals surface area contributed by atoms with E-state index in [1.807, 2.05) is 81.4 Å². The number of rotatable bonds is 4. The van der Waals surface area contributed by atoms with Crippen LogP contribution in [0.3, 0.4) is 0 Å². The number of carbonyl (C=O) groups excluding carboxylic acids is 2. The molecule has 3 aromatic carbocycles. The fourth-order valence-corrected chi connectivity index (χ4v) is 5.10. The number of aliphatic hydroxyl groups excluding tert-OH is 1. The highest BCUT2D eigenvalue weighted by atomic mass is 16.3. The number of aryl methyl sites for hydroxylation is 3. The third-order valence-electron chi connectivity index (χ3n) is 7.18. The van der Waals surface area contributed by atoms with Crippen LogP contribution in [0.5, 0.6) is 0 Å². The first-order valence-electron chi connectivity index (χ1n) is 12.2. The molecular formula is C30H30N2O3. The van der Waals surface area contributed by atoms with Crippen LogP contribution in [0.25, 0.3) is 5.76 Å². The summed E-state index contributed by atoms with van der Waals surface area (Å²) in [6.45, 7) is 8.00. The summed E-state index contributed by atoms with van der Waals surface area (Å²) >= 11 is 0. The van der Waals surface area contributed by atoms with Gasteiger partial charge in [0.25, 0.3) is 11.7 Å². The predicted molar refractivity (Wildman–Crippen MR) is 140 cm³/mol. The van der Waals surface area contributed by atoms with Gasteiger partial charge in [-0.3, -0.25) is 14.5 Å². The summed E-state index contributed by atoms with van der Waals surface area (Å²) in [5.74, 6) is -1.44. The molecular weight excluding hydrogens is 436 g/mol. The van der Waals surface area contributed by atoms with Crippen molar-refractivity contribution in [3.05, 3.63) is 100 Å². The van der Waals surface area contributed by atoms with Gasteiger partial charge in [-0.25, -0.2) is 0 Å². The van der Waals surface area contributed by atoms with Crippen molar-refractivity contribution in [1.29, 1.82) is 0 Å². The number of amides is 1. The molecule has 5 heteroatoms. The van der Waals surface area contributed by atoms with Gasteiger partial charge in [0.05, 0.1) is 11.6 Å². The van der Waals surface area contributed by atoms with Crippen LogP contribution in [0.2, 0.25) is 0 Å². The van der Waals surface area contributed by atoms with Crippen molar-refractivity contribution < 1.29 is 14.7 Å². The van der Waals surface area contributed by atoms with E-state index >= 15 is 0 Å². The van der Waals surface area contributed by atoms with Crippen molar-refractivity contribution in [3.8, 4) is 0 Å². The Balaban J connectivity index is 1.64. The minimum absolute atomic E-state index is 0.118. The van der Waals surface area contributed by atoms with Crippen LogP contribution in [0.1, 0.15) is 46.7 Å². The van der Waals surface area contributed by atoms with Crippen LogP contribution in [-0.4, -0.2) is 29.9 Å². The summed E-state index contributed by atoms with van der Waals surface area (Å²) in [6, 6.07) is 20.4. The fourth-order valence-electron chi connectivity index (χ4n) is 5.10. The molecule has 1 atom stereocenters. The maximum atomic E-state index is 13.4. The van der Waals surface area contributed by atoms with E-state index in [-0.39, 0.29) is 11.3 Å². The molecule has 0 radical (unpaired) electrons. The number of anilines is 2. The van der Waals surface area contributed by atoms with Crippen LogP contribution in [-0.2, 0) is 9.59 Å². The molecule has 2 aliphatic rings. The lowest BCUT2D eigenvalue weighted by Crippen LogP contribution is -2.29. The van der Waals surface area contributed by atoms with Gasteiger partial charge in [0, 0.05) is 30.0 Å². The van der Waals surface area contributed by atoms with Gasteiger partial charge in [0.15, 0.2) is 0 Å². The largest absolute Gasteiger partial charge is 0.507 e. The molecule has 178 valence electrons. The Morgan fingerprint density at radius 1 is 0.829 bits per heavy atom. The second kappa shape index (κ2) is 9.06. The average Bonchev–Trinajstić information content (AvgIpc) is 3.48. The zero-order valence-electron chi connectivity index (χ0n) is 20.4. The predicted octanol–water partition coefficient (Wildman–Crippen LogP) is 5.84. The molecule has 35 heavy (non-hydrogen) atoms. The molecule has 1 N–H and O–H groups in total. The van der Waals surface area contributed by atoms with E-state index in [1.165, 1.54) is 17.7 Å². The van der Waals surface area contributed by atoms with Crippen molar-refractivity contribution in [2.45, 2.75) is 39.7 Å². The summed E-state index contributed by atoms with van der Waals surface area (Å²) in [5, 5.41) is 11.4. The van der Waals surface area contributed by atoms with Gasteiger partial charge in [-0.05, 0) is 80.6 Å². The number of nitrogens with zero attached hydrogens (tertiary/aromatic N) is 2. The van der Waals surface area contributed by atoms with Crippen LogP contribution < -0.4 is 9.80 Å². The molecule has 3 aromatic rings. The van der Waals surface area contributed by atoms with E-state index in [4.69, 9.17) is 0 Å². The molecule has 0 spiro atoms. The Labute approximate surface area is 206 Å². The molecule has 0 aliphatic carbocycles. The molecule has 2 aliphatic heterocycles. The standard InChI is InChI=1S/C30H30N2O3/c1-19-7-6-8-22(17-19)27-26(28(33)23-10-9-20(2)21(3)18-23)29(34)30(35)32(27)25-13-11-24(12-14-25)31-15-4-5-16-31/h6-14,17-18,27,33H,4-5,15-16H2,1-3H3/b28-26-. The highest BCUT2D eigenvalue weighted by Gasteiger charge is 2.47. The topological polar surface area (TPSA) is 60.9 Å². The number of Topliss-reactive ketones (excluding diaryl/α,β-unsaturated/α-hetero) is 1. The number of carbonyl (C=O) groups is 2. The monoisotopic (exact) mass is 466 g/mol. The summed E-state index contributed by atoms with van der Waals surface area (Å²) in [5.41, 5.74) is 6.32. The third kappa shape index (κ3) is 4.12. The van der Waals surface area contributed by atoms with Crippen molar-refractivity contribution in [2.24, 2.45) is 0 Å². The zero-order valence-corrected chi connectivity index (χ0v) is 20.4. The lowest BCUT2D eigenvalue weighted by atomic mass is 9.93. The van der Waals surface area contributed by atoms with E-state index in [9.17, 15) is 14.7 Å². The Hall–Kier alpha value is -3.86. The fraction of sp³-hybridized carbons (Fsp3) is 0.267. The summed E-state index contributed by atoms with van der Waals surface area (Å²) in [4.78, 5) is 30.6. The lowest BCUT2D eigenvalue weighted by Gasteiger charge is -2.26. The van der Waals surface area contributed by atoms with Crippen molar-refractivity contribution in [2.75, 3.05) is 22.9 Å². The molecule has 0 saturated carbocycles. The van der Waals surface area contributed by atoms with Crippen LogP contribution in [0.4, 0.5) is 11.4 Å². The van der Waals surface area contributed by atoms with Crippen LogP contribution >= 0.6 is 0 Å². The van der Waals surface area contributed by atoms with Gasteiger partial charge >= 0.3 is 0 Å². The van der Waals surface area contributed by atoms with Crippen LogP contribution in [0, 0.1) is 20.8 Å². The maximum absolute atomic E-state index is 13.4. The van der Waals surface area contributed by atoms with Crippen LogP contribution in [0.15, 0.2) is 72.3 Å². The van der Waals surface area contributed by atoms with Gasteiger partial charge in [0.1, 0.15) is 5.76 Å². The Bertz CT molecular complexity index is 1330. The Morgan fingerprint density at radius 2 is 1.51 bits per heavy atom. The average molecular weight is 467 g/mol. The third-order valence-corrected chi connectivity index (χ3v) is 7.18. The highest BCUT2D eigenvalue weighted by molar-refractivity contribution is 6.51. The summed E-state index contributed by atoms with van der Waals surface area (Å²) < 4.78 is 0. The van der Waals surface area contributed by atoms with Gasteiger partial charge in [-0.15, -0.1) is 0 Å². The van der Waals surface area contributed by atoms with E-state index in [1.54, 1.807) is 6.07 Å². The first-order chi connectivity index (χ1) is 16.8. The van der Waals surface area contributed by atoms with Crippen molar-refractivity contribution in [1.82, 2.24) is 0 Å². The summed E-state index contributed by atoms with van der Waals surface area (Å²) in [7, 11) is 0. The second-order valence-corrected chi connectivity index (χ2v) is 9.59. The van der Waals surface area contributed by atoms with E-state index in [2.05, 4.69) is 4.90 Å². The van der Waals surface area contributed by atoms with Crippen molar-refractivity contribution in [3.63, 3.8) is 0 Å². The van der Waals surface area contributed by atoms with E-state index in [0.717, 1.165) is 41.0 Å². The van der Waals surface area contributed by atoms with Gasteiger partial charge in [-0.2, -0.15) is 0 Å². The molecule has 2 fully saturated rings.